The smallest absolute Gasteiger partial charge is 0.405 e. The number of aromatic nitrogens is 2. The molecule has 3 atom stereocenters. The van der Waals surface area contributed by atoms with Crippen molar-refractivity contribution in [1.29, 1.82) is 0 Å². The molecule has 1 fully saturated rings. The second-order valence-electron chi connectivity index (χ2n) is 8.75. The summed E-state index contributed by atoms with van der Waals surface area (Å²) in [4.78, 5) is 46.4. The number of H-pyrrole nitrogens is 1. The molecule has 10 heteroatoms. The molecule has 4 rings (SSSR count). The number of hydrogen-bond donors (Lipinski definition) is 4. The number of halogens is 1. The molecule has 1 aromatic heterocycles. The van der Waals surface area contributed by atoms with Crippen molar-refractivity contribution in [3.63, 3.8) is 0 Å². The van der Waals surface area contributed by atoms with E-state index in [9.17, 15) is 23.9 Å². The molecule has 9 nitrogen and oxygen atoms in total. The zero-order valence-corrected chi connectivity index (χ0v) is 19.8. The molecule has 1 saturated heterocycles. The van der Waals surface area contributed by atoms with Gasteiger partial charge in [-0.15, -0.1) is 0 Å². The van der Waals surface area contributed by atoms with Gasteiger partial charge in [-0.2, -0.15) is 0 Å². The number of carbonyl (C=O) groups excluding carboxylic acids is 2. The number of amides is 3. The van der Waals surface area contributed by atoms with Crippen LogP contribution in [0.4, 0.5) is 9.18 Å². The monoisotopic (exact) mass is 493 g/mol. The number of rotatable bonds is 8. The van der Waals surface area contributed by atoms with Gasteiger partial charge in [-0.3, -0.25) is 9.59 Å². The van der Waals surface area contributed by atoms with Crippen LogP contribution in [0, 0.1) is 5.82 Å². The summed E-state index contributed by atoms with van der Waals surface area (Å²) >= 11 is 0. The highest BCUT2D eigenvalue weighted by molar-refractivity contribution is 5.91. The third kappa shape index (κ3) is 5.70. The molecule has 188 valence electrons. The quantitative estimate of drug-likeness (QED) is 0.380. The van der Waals surface area contributed by atoms with Crippen LogP contribution in [0.2, 0.25) is 0 Å². The SMILES string of the molecule is C[C@H](NC(=O)C(CC(=O)N1CCCC1c1ccccc1)NC(=O)O)c1ncc(-c2ccccc2F)[nH]1. The zero-order chi connectivity index (χ0) is 25.7. The van der Waals surface area contributed by atoms with Gasteiger partial charge in [0.25, 0.3) is 0 Å². The topological polar surface area (TPSA) is 127 Å². The first-order valence-corrected chi connectivity index (χ1v) is 11.8. The number of nitrogens with one attached hydrogen (secondary N) is 3. The van der Waals surface area contributed by atoms with E-state index in [1.807, 2.05) is 30.3 Å². The molecule has 0 saturated carbocycles. The number of carboxylic acid groups (broad SMARTS) is 1. The number of carbonyl (C=O) groups is 3. The Morgan fingerprint density at radius 1 is 1.14 bits per heavy atom. The number of likely N-dealkylation sites (tertiary alicyclic amines) is 1. The van der Waals surface area contributed by atoms with Gasteiger partial charge in [0.05, 0.1) is 30.4 Å². The van der Waals surface area contributed by atoms with Crippen molar-refractivity contribution < 1.29 is 23.9 Å². The summed E-state index contributed by atoms with van der Waals surface area (Å²) in [6.45, 7) is 2.20. The van der Waals surface area contributed by atoms with E-state index >= 15 is 0 Å². The lowest BCUT2D eigenvalue weighted by molar-refractivity contribution is -0.135. The van der Waals surface area contributed by atoms with Crippen molar-refractivity contribution in [2.24, 2.45) is 0 Å². The van der Waals surface area contributed by atoms with Crippen LogP contribution in [0.15, 0.2) is 60.8 Å². The van der Waals surface area contributed by atoms with Gasteiger partial charge in [0, 0.05) is 12.1 Å². The highest BCUT2D eigenvalue weighted by Gasteiger charge is 2.33. The third-order valence-corrected chi connectivity index (χ3v) is 6.28. The molecule has 0 bridgehead atoms. The van der Waals surface area contributed by atoms with Crippen LogP contribution in [-0.2, 0) is 9.59 Å². The van der Waals surface area contributed by atoms with Crippen LogP contribution in [0.5, 0.6) is 0 Å². The predicted molar refractivity (Wildman–Crippen MR) is 130 cm³/mol. The van der Waals surface area contributed by atoms with E-state index in [4.69, 9.17) is 0 Å². The average molecular weight is 494 g/mol. The van der Waals surface area contributed by atoms with E-state index in [0.717, 1.165) is 18.4 Å². The van der Waals surface area contributed by atoms with E-state index in [1.165, 1.54) is 12.3 Å². The number of imidazole rings is 1. The van der Waals surface area contributed by atoms with Gasteiger partial charge in [0.15, 0.2) is 0 Å². The van der Waals surface area contributed by atoms with E-state index in [-0.39, 0.29) is 18.4 Å². The van der Waals surface area contributed by atoms with E-state index < -0.39 is 29.9 Å². The van der Waals surface area contributed by atoms with E-state index in [0.29, 0.717) is 23.6 Å². The minimum atomic E-state index is -1.41. The van der Waals surface area contributed by atoms with Crippen molar-refractivity contribution in [3.8, 4) is 11.3 Å². The van der Waals surface area contributed by atoms with Crippen LogP contribution in [0.1, 0.15) is 49.7 Å². The maximum atomic E-state index is 14.1. The van der Waals surface area contributed by atoms with Crippen molar-refractivity contribution in [2.75, 3.05) is 6.54 Å². The maximum Gasteiger partial charge on any atom is 0.405 e. The minimum Gasteiger partial charge on any atom is -0.465 e. The molecule has 2 unspecified atom stereocenters. The predicted octanol–water partition coefficient (Wildman–Crippen LogP) is 3.78. The summed E-state index contributed by atoms with van der Waals surface area (Å²) in [5.41, 5.74) is 1.79. The summed E-state index contributed by atoms with van der Waals surface area (Å²) in [6, 6.07) is 13.8. The van der Waals surface area contributed by atoms with Gasteiger partial charge >= 0.3 is 6.09 Å². The molecule has 3 aromatic rings. The fourth-order valence-electron chi connectivity index (χ4n) is 4.49. The molecule has 0 radical (unpaired) electrons. The summed E-state index contributed by atoms with van der Waals surface area (Å²) < 4.78 is 14.1. The highest BCUT2D eigenvalue weighted by Crippen LogP contribution is 2.32. The van der Waals surface area contributed by atoms with Gasteiger partial charge in [0.1, 0.15) is 17.7 Å². The van der Waals surface area contributed by atoms with Crippen molar-refractivity contribution in [1.82, 2.24) is 25.5 Å². The Kier molecular flexibility index (Phi) is 7.62. The summed E-state index contributed by atoms with van der Waals surface area (Å²) in [5, 5.41) is 14.1. The highest BCUT2D eigenvalue weighted by atomic mass is 19.1. The molecule has 2 heterocycles. The lowest BCUT2D eigenvalue weighted by atomic mass is 10.0. The summed E-state index contributed by atoms with van der Waals surface area (Å²) in [7, 11) is 0. The van der Waals surface area contributed by atoms with Gasteiger partial charge in [-0.25, -0.2) is 14.2 Å². The number of hydrogen-bond acceptors (Lipinski definition) is 4. The van der Waals surface area contributed by atoms with Gasteiger partial charge in [-0.1, -0.05) is 42.5 Å². The standard InChI is InChI=1S/C26H28FN5O4/c1-16(24-28-15-21(30-24)18-10-5-6-11-19(18)27)29-25(34)20(31-26(35)36)14-23(33)32-13-7-12-22(32)17-8-3-2-4-9-17/h2-6,8-11,15-16,20,22,31H,7,12-14H2,1H3,(H,28,30)(H,29,34)(H,35,36)/t16-,20?,22?/m0/s1. The molecule has 36 heavy (non-hydrogen) atoms. The van der Waals surface area contributed by atoms with Crippen molar-refractivity contribution in [2.45, 2.75) is 44.3 Å². The number of nitrogens with zero attached hydrogens (tertiary/aromatic N) is 2. The summed E-state index contributed by atoms with van der Waals surface area (Å²) in [5.74, 6) is -1.00. The molecule has 3 amide bonds. The maximum absolute atomic E-state index is 14.1. The Bertz CT molecular complexity index is 1230. The molecule has 1 aliphatic heterocycles. The number of benzene rings is 2. The molecular formula is C26H28FN5O4. The Morgan fingerprint density at radius 2 is 1.86 bits per heavy atom. The Balaban J connectivity index is 1.43. The molecular weight excluding hydrogens is 465 g/mol. The lowest BCUT2D eigenvalue weighted by Gasteiger charge is -2.27. The zero-order valence-electron chi connectivity index (χ0n) is 19.8. The first-order valence-electron chi connectivity index (χ1n) is 11.8. The second kappa shape index (κ2) is 11.0. The number of aromatic amines is 1. The first kappa shape index (κ1) is 24.9. The summed E-state index contributed by atoms with van der Waals surface area (Å²) in [6.07, 6.45) is 1.38. The average Bonchev–Trinajstić information content (AvgIpc) is 3.54. The fourth-order valence-corrected chi connectivity index (χ4v) is 4.49. The molecule has 4 N–H and O–H groups in total. The van der Waals surface area contributed by atoms with Crippen LogP contribution < -0.4 is 10.6 Å². The van der Waals surface area contributed by atoms with Gasteiger partial charge < -0.3 is 25.6 Å². The normalized spacial score (nSPS) is 16.8. The van der Waals surface area contributed by atoms with E-state index in [2.05, 4.69) is 20.6 Å². The van der Waals surface area contributed by atoms with Crippen LogP contribution >= 0.6 is 0 Å². The molecule has 0 spiro atoms. The fraction of sp³-hybridized carbons (Fsp3) is 0.308. The van der Waals surface area contributed by atoms with E-state index in [1.54, 1.807) is 30.0 Å². The Hall–Kier alpha value is -4.21. The van der Waals surface area contributed by atoms with Crippen molar-refractivity contribution >= 4 is 17.9 Å². The molecule has 2 aromatic carbocycles. The Labute approximate surface area is 207 Å². The van der Waals surface area contributed by atoms with Gasteiger partial charge in [-0.05, 0) is 37.5 Å². The van der Waals surface area contributed by atoms with Crippen LogP contribution in [-0.4, -0.2) is 50.5 Å². The second-order valence-corrected chi connectivity index (χ2v) is 8.75. The van der Waals surface area contributed by atoms with Gasteiger partial charge in [0.2, 0.25) is 11.8 Å². The first-order chi connectivity index (χ1) is 17.3. The van der Waals surface area contributed by atoms with Crippen LogP contribution in [0.25, 0.3) is 11.3 Å². The largest absolute Gasteiger partial charge is 0.465 e. The third-order valence-electron chi connectivity index (χ3n) is 6.28. The molecule has 0 aliphatic carbocycles. The minimum absolute atomic E-state index is 0.105. The molecule has 1 aliphatic rings. The van der Waals surface area contributed by atoms with Crippen LogP contribution in [0.3, 0.4) is 0 Å². The lowest BCUT2D eigenvalue weighted by Crippen LogP contribution is -2.49. The Morgan fingerprint density at radius 3 is 2.58 bits per heavy atom. The van der Waals surface area contributed by atoms with Crippen molar-refractivity contribution in [3.05, 3.63) is 78.0 Å².